The molecule has 1 saturated heterocycles. The lowest BCUT2D eigenvalue weighted by molar-refractivity contribution is -0.144. The van der Waals surface area contributed by atoms with Gasteiger partial charge in [0.25, 0.3) is 0 Å². The van der Waals surface area contributed by atoms with Gasteiger partial charge in [-0.05, 0) is 42.2 Å². The molecule has 2 aliphatic rings. The molecule has 3 aromatic rings. The molecule has 8 heteroatoms. The van der Waals surface area contributed by atoms with Crippen molar-refractivity contribution in [3.63, 3.8) is 0 Å². The number of nitrogens with one attached hydrogen (secondary N) is 1. The largest absolute Gasteiger partial charge is 0.478 e. The molecule has 2 N–H and O–H groups in total. The Morgan fingerprint density at radius 2 is 1.38 bits per heavy atom. The Morgan fingerprint density at radius 3 is 1.95 bits per heavy atom. The van der Waals surface area contributed by atoms with E-state index in [0.717, 1.165) is 25.9 Å². The van der Waals surface area contributed by atoms with Crippen LogP contribution in [0.1, 0.15) is 53.2 Å². The number of carbonyl (C=O) groups excluding carboxylic acids is 2. The van der Waals surface area contributed by atoms with Gasteiger partial charge in [-0.25, -0.2) is 4.79 Å². The van der Waals surface area contributed by atoms with Crippen LogP contribution < -0.4 is 5.32 Å². The third kappa shape index (κ3) is 6.21. The number of rotatable bonds is 7. The number of benzene rings is 3. The van der Waals surface area contributed by atoms with Gasteiger partial charge in [-0.2, -0.15) is 0 Å². The van der Waals surface area contributed by atoms with E-state index < -0.39 is 17.8 Å². The summed E-state index contributed by atoms with van der Waals surface area (Å²) < 4.78 is 0. The summed E-state index contributed by atoms with van der Waals surface area (Å²) in [6.45, 7) is 2.66. The maximum Gasteiger partial charge on any atom is 0.337 e. The Hall–Kier alpha value is -3.68. The van der Waals surface area contributed by atoms with Crippen molar-refractivity contribution in [3.05, 3.63) is 101 Å². The first kappa shape index (κ1) is 27.9. The van der Waals surface area contributed by atoms with Crippen LogP contribution in [0.2, 0.25) is 5.02 Å². The number of anilines is 1. The Morgan fingerprint density at radius 1 is 0.800 bits per heavy atom. The van der Waals surface area contributed by atoms with E-state index in [1.807, 2.05) is 17.0 Å². The highest BCUT2D eigenvalue weighted by molar-refractivity contribution is 6.31. The van der Waals surface area contributed by atoms with Gasteiger partial charge in [0.1, 0.15) is 0 Å². The molecular weight excluding hydrogens is 526 g/mol. The zero-order valence-corrected chi connectivity index (χ0v) is 23.1. The van der Waals surface area contributed by atoms with Crippen LogP contribution in [0, 0.1) is 11.8 Å². The minimum atomic E-state index is -1.17. The number of hydrogen-bond acceptors (Lipinski definition) is 4. The van der Waals surface area contributed by atoms with Crippen LogP contribution >= 0.6 is 11.6 Å². The van der Waals surface area contributed by atoms with E-state index in [1.165, 1.54) is 23.3 Å². The summed E-state index contributed by atoms with van der Waals surface area (Å²) >= 11 is 5.97. The first-order chi connectivity index (χ1) is 19.4. The average molecular weight is 560 g/mol. The number of carboxylic acid groups (broad SMARTS) is 1. The number of carboxylic acids is 1. The van der Waals surface area contributed by atoms with E-state index in [2.05, 4.69) is 58.7 Å². The number of halogens is 1. The number of aromatic carboxylic acids is 1. The number of hydrogen-bond donors (Lipinski definition) is 2. The van der Waals surface area contributed by atoms with Crippen molar-refractivity contribution in [2.75, 3.05) is 31.5 Å². The average Bonchev–Trinajstić information content (AvgIpc) is 2.99. The van der Waals surface area contributed by atoms with Crippen molar-refractivity contribution in [1.82, 2.24) is 9.80 Å². The molecule has 2 atom stereocenters. The lowest BCUT2D eigenvalue weighted by Gasteiger charge is -2.42. The quantitative estimate of drug-likeness (QED) is 0.386. The lowest BCUT2D eigenvalue weighted by atomic mass is 9.77. The number of piperazine rings is 1. The van der Waals surface area contributed by atoms with Gasteiger partial charge in [0, 0.05) is 43.0 Å². The van der Waals surface area contributed by atoms with Crippen LogP contribution in [0.25, 0.3) is 0 Å². The van der Waals surface area contributed by atoms with Crippen molar-refractivity contribution in [2.24, 2.45) is 11.8 Å². The van der Waals surface area contributed by atoms with Crippen molar-refractivity contribution in [2.45, 2.75) is 31.7 Å². The zero-order valence-electron chi connectivity index (χ0n) is 22.3. The van der Waals surface area contributed by atoms with Crippen molar-refractivity contribution < 1.29 is 19.5 Å². The minimum Gasteiger partial charge on any atom is -0.478 e. The second-order valence-electron chi connectivity index (χ2n) is 10.6. The minimum absolute atomic E-state index is 0.0186. The SMILES string of the molecule is O=C(O)c1cc(Cl)ccc1NC(=O)[C@H]1CCCC[C@@H]1C(=O)N1CCN(C(c2ccccc2)c2ccccc2)CC1. The predicted molar refractivity (Wildman–Crippen MR) is 155 cm³/mol. The Bertz CT molecular complexity index is 1300. The fourth-order valence-corrected chi connectivity index (χ4v) is 6.26. The van der Waals surface area contributed by atoms with Crippen LogP contribution in [0.4, 0.5) is 5.69 Å². The number of amides is 2. The molecule has 1 aliphatic carbocycles. The van der Waals surface area contributed by atoms with Gasteiger partial charge >= 0.3 is 5.97 Å². The number of nitrogens with zero attached hydrogens (tertiary/aromatic N) is 2. The molecule has 0 unspecified atom stereocenters. The Labute approximate surface area is 239 Å². The van der Waals surface area contributed by atoms with E-state index in [0.29, 0.717) is 25.9 Å². The van der Waals surface area contributed by atoms with E-state index >= 15 is 0 Å². The highest BCUT2D eigenvalue weighted by Crippen LogP contribution is 2.35. The summed E-state index contributed by atoms with van der Waals surface area (Å²) in [6, 6.07) is 25.3. The molecule has 208 valence electrons. The second-order valence-corrected chi connectivity index (χ2v) is 11.0. The highest BCUT2D eigenvalue weighted by atomic mass is 35.5. The molecule has 1 saturated carbocycles. The maximum atomic E-state index is 13.8. The molecule has 0 aromatic heterocycles. The van der Waals surface area contributed by atoms with Gasteiger partial charge in [-0.15, -0.1) is 0 Å². The van der Waals surface area contributed by atoms with Gasteiger partial charge in [0.2, 0.25) is 11.8 Å². The molecule has 40 heavy (non-hydrogen) atoms. The van der Waals surface area contributed by atoms with Crippen LogP contribution in [0.15, 0.2) is 78.9 Å². The molecule has 3 aromatic carbocycles. The van der Waals surface area contributed by atoms with Crippen LogP contribution in [0.3, 0.4) is 0 Å². The highest BCUT2D eigenvalue weighted by Gasteiger charge is 2.39. The molecule has 0 spiro atoms. The summed E-state index contributed by atoms with van der Waals surface area (Å²) in [4.78, 5) is 43.2. The Balaban J connectivity index is 1.27. The summed E-state index contributed by atoms with van der Waals surface area (Å²) in [5.41, 5.74) is 2.57. The molecule has 0 bridgehead atoms. The van der Waals surface area contributed by atoms with Gasteiger partial charge in [-0.1, -0.05) is 85.1 Å². The summed E-state index contributed by atoms with van der Waals surface area (Å²) in [6.07, 6.45) is 3.01. The van der Waals surface area contributed by atoms with Gasteiger partial charge in [0.15, 0.2) is 0 Å². The predicted octanol–water partition coefficient (Wildman–Crippen LogP) is 5.72. The normalized spacial score (nSPS) is 19.8. The lowest BCUT2D eigenvalue weighted by Crippen LogP contribution is -2.53. The monoisotopic (exact) mass is 559 g/mol. The van der Waals surface area contributed by atoms with Gasteiger partial charge in [0.05, 0.1) is 17.3 Å². The Kier molecular flexibility index (Phi) is 8.82. The van der Waals surface area contributed by atoms with E-state index in [9.17, 15) is 19.5 Å². The van der Waals surface area contributed by atoms with Gasteiger partial charge in [-0.3, -0.25) is 14.5 Å². The first-order valence-corrected chi connectivity index (χ1v) is 14.3. The molecule has 0 radical (unpaired) electrons. The molecule has 5 rings (SSSR count). The molecule has 2 fully saturated rings. The van der Waals surface area contributed by atoms with Crippen molar-refractivity contribution in [3.8, 4) is 0 Å². The molecule has 2 amide bonds. The fraction of sp³-hybridized carbons (Fsp3) is 0.344. The fourth-order valence-electron chi connectivity index (χ4n) is 6.09. The third-order valence-electron chi connectivity index (χ3n) is 8.11. The van der Waals surface area contributed by atoms with Crippen LogP contribution in [-0.4, -0.2) is 58.9 Å². The summed E-state index contributed by atoms with van der Waals surface area (Å²) in [5.74, 6) is -2.38. The molecule has 7 nitrogen and oxygen atoms in total. The van der Waals surface area contributed by atoms with Crippen molar-refractivity contribution in [1.29, 1.82) is 0 Å². The molecule has 1 aliphatic heterocycles. The zero-order chi connectivity index (χ0) is 28.1. The second kappa shape index (κ2) is 12.7. The van der Waals surface area contributed by atoms with E-state index in [-0.39, 0.29) is 34.1 Å². The summed E-state index contributed by atoms with van der Waals surface area (Å²) in [7, 11) is 0. The third-order valence-corrected chi connectivity index (χ3v) is 8.35. The van der Waals surface area contributed by atoms with Crippen molar-refractivity contribution >= 4 is 35.1 Å². The molecule has 1 heterocycles. The van der Waals surface area contributed by atoms with Crippen LogP contribution in [-0.2, 0) is 9.59 Å². The van der Waals surface area contributed by atoms with Gasteiger partial charge < -0.3 is 15.3 Å². The first-order valence-electron chi connectivity index (χ1n) is 13.9. The van der Waals surface area contributed by atoms with E-state index in [4.69, 9.17) is 11.6 Å². The molecular formula is C32H34ClN3O4. The summed E-state index contributed by atoms with van der Waals surface area (Å²) in [5, 5.41) is 12.6. The standard InChI is InChI=1S/C32H34ClN3O4/c33-24-15-16-28(27(21-24)32(39)40)34-30(37)25-13-7-8-14-26(25)31(38)36-19-17-35(18-20-36)29(22-9-3-1-4-10-22)23-11-5-2-6-12-23/h1-6,9-12,15-16,21,25-26,29H,7-8,13-14,17-20H2,(H,34,37)(H,39,40)/t25-,26-/m0/s1. The topological polar surface area (TPSA) is 89.9 Å². The maximum absolute atomic E-state index is 13.8. The smallest absolute Gasteiger partial charge is 0.337 e. The number of carbonyl (C=O) groups is 3. The van der Waals surface area contributed by atoms with Crippen LogP contribution in [0.5, 0.6) is 0 Å². The van der Waals surface area contributed by atoms with E-state index in [1.54, 1.807) is 6.07 Å².